The summed E-state index contributed by atoms with van der Waals surface area (Å²) in [6.07, 6.45) is -3.71. The van der Waals surface area contributed by atoms with E-state index in [0.29, 0.717) is 6.42 Å². The van der Waals surface area contributed by atoms with Gasteiger partial charge in [0, 0.05) is 6.42 Å². The lowest BCUT2D eigenvalue weighted by Gasteiger charge is -2.07. The lowest BCUT2D eigenvalue weighted by atomic mass is 10.1. The summed E-state index contributed by atoms with van der Waals surface area (Å²) in [5.74, 6) is 0. The van der Waals surface area contributed by atoms with Gasteiger partial charge in [0.25, 0.3) is 0 Å². The highest BCUT2D eigenvalue weighted by molar-refractivity contribution is 7.05. The van der Waals surface area contributed by atoms with E-state index in [4.69, 9.17) is 0 Å². The maximum atomic E-state index is 12.3. The van der Waals surface area contributed by atoms with Crippen LogP contribution in [0.4, 0.5) is 13.2 Å². The molecule has 1 aromatic carbocycles. The van der Waals surface area contributed by atoms with Gasteiger partial charge in [0.05, 0.1) is 16.1 Å². The van der Waals surface area contributed by atoms with Crippen molar-refractivity contribution in [3.05, 3.63) is 46.0 Å². The van der Waals surface area contributed by atoms with Crippen LogP contribution in [0.1, 0.15) is 21.7 Å². The molecule has 0 fully saturated rings. The van der Waals surface area contributed by atoms with Gasteiger partial charge in [-0.2, -0.15) is 13.2 Å². The van der Waals surface area contributed by atoms with Gasteiger partial charge in [-0.1, -0.05) is 16.6 Å². The molecule has 0 aliphatic carbocycles. The summed E-state index contributed by atoms with van der Waals surface area (Å²) in [6, 6.07) is 5.17. The number of aromatic nitrogens is 2. The average Bonchev–Trinajstić information content (AvgIpc) is 2.64. The maximum absolute atomic E-state index is 12.3. The van der Waals surface area contributed by atoms with Crippen LogP contribution in [0.5, 0.6) is 0 Å². The molecule has 2 aromatic rings. The first kappa shape index (κ1) is 12.0. The summed E-state index contributed by atoms with van der Waals surface area (Å²) < 4.78 is 40.8. The van der Waals surface area contributed by atoms with E-state index in [1.807, 2.05) is 6.92 Å². The van der Waals surface area contributed by atoms with Crippen molar-refractivity contribution in [3.63, 3.8) is 0 Å². The van der Waals surface area contributed by atoms with Crippen LogP contribution in [0, 0.1) is 6.92 Å². The minimum atomic E-state index is -4.28. The van der Waals surface area contributed by atoms with Crippen molar-refractivity contribution in [3.8, 4) is 0 Å². The third-order valence-electron chi connectivity index (χ3n) is 2.39. The Morgan fingerprint density at radius 3 is 2.29 bits per heavy atom. The first-order chi connectivity index (χ1) is 7.97. The Morgan fingerprint density at radius 2 is 1.82 bits per heavy atom. The molecule has 1 heterocycles. The molecule has 0 saturated heterocycles. The minimum Gasteiger partial charge on any atom is -0.166 e. The summed E-state index contributed by atoms with van der Waals surface area (Å²) in [5, 5.41) is 3.86. The molecule has 6 heteroatoms. The Morgan fingerprint density at radius 1 is 1.18 bits per heavy atom. The molecule has 2 rings (SSSR count). The molecule has 1 aromatic heterocycles. The van der Waals surface area contributed by atoms with Crippen LogP contribution in [0.15, 0.2) is 24.3 Å². The van der Waals surface area contributed by atoms with Crippen LogP contribution in [0.3, 0.4) is 0 Å². The predicted molar refractivity (Wildman–Crippen MR) is 58.9 cm³/mol. The molecule has 0 saturated carbocycles. The van der Waals surface area contributed by atoms with E-state index in [1.54, 1.807) is 0 Å². The first-order valence-electron chi connectivity index (χ1n) is 4.91. The van der Waals surface area contributed by atoms with Crippen molar-refractivity contribution in [1.82, 2.24) is 9.59 Å². The van der Waals surface area contributed by atoms with E-state index >= 15 is 0 Å². The first-order valence-corrected chi connectivity index (χ1v) is 5.68. The quantitative estimate of drug-likeness (QED) is 0.824. The SMILES string of the molecule is Cc1nnsc1Cc1ccc(C(F)(F)F)cc1. The number of alkyl halides is 3. The van der Waals surface area contributed by atoms with Gasteiger partial charge in [0.1, 0.15) is 0 Å². The highest BCUT2D eigenvalue weighted by atomic mass is 32.1. The monoisotopic (exact) mass is 258 g/mol. The highest BCUT2D eigenvalue weighted by Crippen LogP contribution is 2.29. The topological polar surface area (TPSA) is 25.8 Å². The van der Waals surface area contributed by atoms with Crippen LogP contribution in [0.2, 0.25) is 0 Å². The molecule has 90 valence electrons. The normalized spacial score (nSPS) is 11.8. The van der Waals surface area contributed by atoms with Crippen LogP contribution >= 0.6 is 11.5 Å². The standard InChI is InChI=1S/C11H9F3N2S/c1-7-10(17-16-15-7)6-8-2-4-9(5-3-8)11(12,13)14/h2-5H,6H2,1H3. The summed E-state index contributed by atoms with van der Waals surface area (Å²) in [6.45, 7) is 1.84. The van der Waals surface area contributed by atoms with Gasteiger partial charge in [-0.25, -0.2) is 0 Å². The van der Waals surface area contributed by atoms with Crippen molar-refractivity contribution in [2.75, 3.05) is 0 Å². The Bertz CT molecular complexity index is 502. The van der Waals surface area contributed by atoms with Crippen molar-refractivity contribution < 1.29 is 13.2 Å². The third-order valence-corrected chi connectivity index (χ3v) is 3.21. The number of hydrogen-bond donors (Lipinski definition) is 0. The van der Waals surface area contributed by atoms with E-state index in [0.717, 1.165) is 28.3 Å². The molecule has 17 heavy (non-hydrogen) atoms. The second-order valence-corrected chi connectivity index (χ2v) is 4.49. The van der Waals surface area contributed by atoms with Crippen LogP contribution in [0.25, 0.3) is 0 Å². The summed E-state index contributed by atoms with van der Waals surface area (Å²) >= 11 is 1.27. The fourth-order valence-corrected chi connectivity index (χ4v) is 2.08. The Hall–Kier alpha value is -1.43. The summed E-state index contributed by atoms with van der Waals surface area (Å²) in [7, 11) is 0. The van der Waals surface area contributed by atoms with E-state index < -0.39 is 11.7 Å². The van der Waals surface area contributed by atoms with Gasteiger partial charge in [-0.15, -0.1) is 5.10 Å². The van der Waals surface area contributed by atoms with E-state index in [-0.39, 0.29) is 0 Å². The van der Waals surface area contributed by atoms with Crippen molar-refractivity contribution in [1.29, 1.82) is 0 Å². The molecule has 0 atom stereocenters. The Balaban J connectivity index is 2.17. The Labute approximate surface area is 100 Å². The molecule has 0 aliphatic rings. The minimum absolute atomic E-state index is 0.571. The fraction of sp³-hybridized carbons (Fsp3) is 0.273. The zero-order valence-electron chi connectivity index (χ0n) is 8.95. The second-order valence-electron chi connectivity index (χ2n) is 3.65. The van der Waals surface area contributed by atoms with Crippen molar-refractivity contribution >= 4 is 11.5 Å². The maximum Gasteiger partial charge on any atom is 0.416 e. The molecule has 0 radical (unpaired) electrons. The predicted octanol–water partition coefficient (Wildman–Crippen LogP) is 3.46. The average molecular weight is 258 g/mol. The van der Waals surface area contributed by atoms with Gasteiger partial charge >= 0.3 is 6.18 Å². The molecule has 2 nitrogen and oxygen atoms in total. The number of aryl methyl sites for hydroxylation is 1. The largest absolute Gasteiger partial charge is 0.416 e. The molecule has 0 unspecified atom stereocenters. The number of hydrogen-bond acceptors (Lipinski definition) is 3. The van der Waals surface area contributed by atoms with Gasteiger partial charge in [0.2, 0.25) is 0 Å². The molecule has 0 amide bonds. The fourth-order valence-electron chi connectivity index (χ4n) is 1.41. The molecule has 0 aliphatic heterocycles. The third kappa shape index (κ3) is 2.82. The van der Waals surface area contributed by atoms with Gasteiger partial charge < -0.3 is 0 Å². The zero-order chi connectivity index (χ0) is 12.5. The van der Waals surface area contributed by atoms with Crippen LogP contribution in [-0.2, 0) is 12.6 Å². The number of benzene rings is 1. The van der Waals surface area contributed by atoms with Gasteiger partial charge in [-0.05, 0) is 36.2 Å². The molecular weight excluding hydrogens is 249 g/mol. The molecular formula is C11H9F3N2S. The highest BCUT2D eigenvalue weighted by Gasteiger charge is 2.29. The van der Waals surface area contributed by atoms with Crippen LogP contribution in [-0.4, -0.2) is 9.59 Å². The molecule has 0 spiro atoms. The van der Waals surface area contributed by atoms with Crippen LogP contribution < -0.4 is 0 Å². The lowest BCUT2D eigenvalue weighted by Crippen LogP contribution is -2.04. The van der Waals surface area contributed by atoms with Crippen molar-refractivity contribution in [2.45, 2.75) is 19.5 Å². The summed E-state index contributed by atoms with van der Waals surface area (Å²) in [5.41, 5.74) is 1.03. The van der Waals surface area contributed by atoms with E-state index in [1.165, 1.54) is 23.7 Å². The van der Waals surface area contributed by atoms with Gasteiger partial charge in [-0.3, -0.25) is 0 Å². The van der Waals surface area contributed by atoms with Gasteiger partial charge in [0.15, 0.2) is 0 Å². The number of nitrogens with zero attached hydrogens (tertiary/aromatic N) is 2. The van der Waals surface area contributed by atoms with E-state index in [9.17, 15) is 13.2 Å². The zero-order valence-corrected chi connectivity index (χ0v) is 9.77. The smallest absolute Gasteiger partial charge is 0.166 e. The Kier molecular flexibility index (Phi) is 3.15. The second kappa shape index (κ2) is 4.44. The van der Waals surface area contributed by atoms with E-state index in [2.05, 4.69) is 9.59 Å². The number of halogens is 3. The molecule has 0 N–H and O–H groups in total. The summed E-state index contributed by atoms with van der Waals surface area (Å²) in [4.78, 5) is 0.977. The lowest BCUT2D eigenvalue weighted by molar-refractivity contribution is -0.137. The molecule has 0 bridgehead atoms. The van der Waals surface area contributed by atoms with Crippen molar-refractivity contribution in [2.24, 2.45) is 0 Å². The number of rotatable bonds is 2.